The number of nitrogens with one attached hydrogen (secondary N) is 1. The Hall–Kier alpha value is -2.94. The van der Waals surface area contributed by atoms with E-state index in [0.717, 1.165) is 24.3 Å². The number of hydrogen-bond acceptors (Lipinski definition) is 4. The second-order valence-corrected chi connectivity index (χ2v) is 6.13. The predicted octanol–water partition coefficient (Wildman–Crippen LogP) is 3.35. The van der Waals surface area contributed by atoms with E-state index in [1.807, 2.05) is 24.3 Å². The lowest BCUT2D eigenvalue weighted by Crippen LogP contribution is -2.36. The Morgan fingerprint density at radius 2 is 1.79 bits per heavy atom. The van der Waals surface area contributed by atoms with Gasteiger partial charge in [-0.3, -0.25) is 0 Å². The third kappa shape index (κ3) is 5.78. The van der Waals surface area contributed by atoms with Gasteiger partial charge in [-0.05, 0) is 35.9 Å². The first-order chi connectivity index (χ1) is 13.4. The van der Waals surface area contributed by atoms with Crippen LogP contribution in [0, 0.1) is 0 Å². The molecule has 6 nitrogen and oxygen atoms in total. The largest absolute Gasteiger partial charge is 0.573 e. The van der Waals surface area contributed by atoms with E-state index >= 15 is 0 Å². The van der Waals surface area contributed by atoms with Gasteiger partial charge in [-0.1, -0.05) is 18.2 Å². The minimum Gasteiger partial charge on any atom is -0.406 e. The van der Waals surface area contributed by atoms with Crippen LogP contribution in [0.25, 0.3) is 0 Å². The van der Waals surface area contributed by atoms with Gasteiger partial charge in [0.05, 0.1) is 19.8 Å². The van der Waals surface area contributed by atoms with Gasteiger partial charge in [-0.2, -0.15) is 0 Å². The average Bonchev–Trinajstić information content (AvgIpc) is 2.68. The quantitative estimate of drug-likeness (QED) is 0.601. The number of benzene rings is 2. The van der Waals surface area contributed by atoms with Crippen LogP contribution >= 0.6 is 0 Å². The molecule has 1 heterocycles. The highest BCUT2D eigenvalue weighted by Crippen LogP contribution is 2.24. The summed E-state index contributed by atoms with van der Waals surface area (Å²) in [5, 5.41) is 2.86. The molecule has 150 valence electrons. The van der Waals surface area contributed by atoms with Gasteiger partial charge in [-0.25, -0.2) is 4.99 Å². The predicted molar refractivity (Wildman–Crippen MR) is 102 cm³/mol. The number of ether oxygens (including phenoxy) is 2. The molecule has 0 amide bonds. The summed E-state index contributed by atoms with van der Waals surface area (Å²) in [6, 6.07) is 13.2. The van der Waals surface area contributed by atoms with E-state index < -0.39 is 6.36 Å². The van der Waals surface area contributed by atoms with Crippen LogP contribution in [0.4, 0.5) is 24.5 Å². The summed E-state index contributed by atoms with van der Waals surface area (Å²) in [6.45, 7) is 3.40. The van der Waals surface area contributed by atoms with Gasteiger partial charge in [0.15, 0.2) is 5.96 Å². The molecule has 3 N–H and O–H groups in total. The van der Waals surface area contributed by atoms with Gasteiger partial charge < -0.3 is 25.4 Å². The monoisotopic (exact) mass is 394 g/mol. The van der Waals surface area contributed by atoms with Gasteiger partial charge in [0.2, 0.25) is 0 Å². The normalized spacial score (nSPS) is 15.4. The zero-order chi connectivity index (χ0) is 20.0. The minimum absolute atomic E-state index is 0.168. The lowest BCUT2D eigenvalue weighted by Gasteiger charge is -2.30. The van der Waals surface area contributed by atoms with Crippen LogP contribution in [-0.4, -0.2) is 38.6 Å². The molecule has 3 rings (SSSR count). The Bertz CT molecular complexity index is 804. The highest BCUT2D eigenvalue weighted by molar-refractivity contribution is 5.92. The van der Waals surface area contributed by atoms with Crippen LogP contribution < -0.4 is 20.7 Å². The van der Waals surface area contributed by atoms with Gasteiger partial charge in [0, 0.05) is 24.5 Å². The van der Waals surface area contributed by atoms with E-state index in [1.54, 1.807) is 0 Å². The zero-order valence-electron chi connectivity index (χ0n) is 15.1. The van der Waals surface area contributed by atoms with Gasteiger partial charge in [0.1, 0.15) is 5.75 Å². The molecular formula is C19H21F3N4O2. The number of guanidine groups is 1. The van der Waals surface area contributed by atoms with Crippen molar-refractivity contribution in [1.82, 2.24) is 0 Å². The Morgan fingerprint density at radius 1 is 1.11 bits per heavy atom. The first-order valence-electron chi connectivity index (χ1n) is 8.74. The van der Waals surface area contributed by atoms with Crippen molar-refractivity contribution in [2.75, 3.05) is 36.5 Å². The number of nitrogens with zero attached hydrogens (tertiary/aromatic N) is 2. The maximum atomic E-state index is 12.2. The molecule has 0 bridgehead atoms. The summed E-state index contributed by atoms with van der Waals surface area (Å²) in [4.78, 5) is 6.59. The Morgan fingerprint density at radius 3 is 2.46 bits per heavy atom. The summed E-state index contributed by atoms with van der Waals surface area (Å²) >= 11 is 0. The molecule has 0 unspecified atom stereocenters. The molecule has 0 saturated carbocycles. The Balaban J connectivity index is 1.62. The number of morpholine rings is 1. The topological polar surface area (TPSA) is 72.1 Å². The highest BCUT2D eigenvalue weighted by atomic mass is 19.4. The van der Waals surface area contributed by atoms with Crippen molar-refractivity contribution in [2.45, 2.75) is 12.9 Å². The molecule has 0 aromatic heterocycles. The number of nitrogens with two attached hydrogens (primary N) is 1. The van der Waals surface area contributed by atoms with Crippen molar-refractivity contribution in [3.63, 3.8) is 0 Å². The first-order valence-corrected chi connectivity index (χ1v) is 8.74. The lowest BCUT2D eigenvalue weighted by atomic mass is 10.1. The minimum atomic E-state index is -4.72. The molecular weight excluding hydrogens is 373 g/mol. The second-order valence-electron chi connectivity index (χ2n) is 6.13. The molecule has 0 radical (unpaired) electrons. The van der Waals surface area contributed by atoms with Crippen molar-refractivity contribution in [3.8, 4) is 5.75 Å². The lowest BCUT2D eigenvalue weighted by molar-refractivity contribution is -0.274. The Labute approximate surface area is 160 Å². The number of anilines is 2. The van der Waals surface area contributed by atoms with Crippen molar-refractivity contribution < 1.29 is 22.6 Å². The molecule has 1 aliphatic heterocycles. The highest BCUT2D eigenvalue weighted by Gasteiger charge is 2.30. The Kier molecular flexibility index (Phi) is 6.25. The molecule has 28 heavy (non-hydrogen) atoms. The van der Waals surface area contributed by atoms with Crippen LogP contribution in [0.1, 0.15) is 5.56 Å². The summed E-state index contributed by atoms with van der Waals surface area (Å²) in [6.07, 6.45) is -4.72. The van der Waals surface area contributed by atoms with Gasteiger partial charge in [0.25, 0.3) is 0 Å². The van der Waals surface area contributed by atoms with Gasteiger partial charge >= 0.3 is 6.36 Å². The first kappa shape index (κ1) is 19.8. The zero-order valence-corrected chi connectivity index (χ0v) is 15.1. The van der Waals surface area contributed by atoms with E-state index in [9.17, 15) is 13.2 Å². The summed E-state index contributed by atoms with van der Waals surface area (Å²) in [7, 11) is 0. The second kappa shape index (κ2) is 8.83. The van der Waals surface area contributed by atoms with Crippen LogP contribution in [0.15, 0.2) is 53.5 Å². The number of para-hydroxylation sites is 1. The molecule has 0 atom stereocenters. The van der Waals surface area contributed by atoms with Crippen LogP contribution in [0.5, 0.6) is 5.75 Å². The number of rotatable bonds is 5. The smallest absolute Gasteiger partial charge is 0.406 e. The van der Waals surface area contributed by atoms with E-state index in [1.165, 1.54) is 24.3 Å². The third-order valence-electron chi connectivity index (χ3n) is 4.12. The van der Waals surface area contributed by atoms with E-state index in [0.29, 0.717) is 25.4 Å². The average molecular weight is 394 g/mol. The number of alkyl halides is 3. The fraction of sp³-hybridized carbons (Fsp3) is 0.316. The molecule has 1 fully saturated rings. The number of hydrogen-bond donors (Lipinski definition) is 2. The van der Waals surface area contributed by atoms with E-state index in [4.69, 9.17) is 10.5 Å². The maximum absolute atomic E-state index is 12.2. The number of aliphatic imine (C=N–C) groups is 1. The number of halogens is 3. The summed E-state index contributed by atoms with van der Waals surface area (Å²) in [5.41, 5.74) is 8.55. The third-order valence-corrected chi connectivity index (χ3v) is 4.12. The van der Waals surface area contributed by atoms with Crippen molar-refractivity contribution >= 4 is 17.3 Å². The molecule has 1 saturated heterocycles. The fourth-order valence-electron chi connectivity index (χ4n) is 2.85. The fourth-order valence-corrected chi connectivity index (χ4v) is 2.85. The van der Waals surface area contributed by atoms with Crippen molar-refractivity contribution in [2.24, 2.45) is 10.7 Å². The standard InChI is InChI=1S/C19H21F3N4O2/c20-19(21,22)28-16-7-5-15(6-8-16)25-18(23)24-13-14-3-1-2-4-17(14)26-9-11-27-12-10-26/h1-8H,9-13H2,(H3,23,24,25). The van der Waals surface area contributed by atoms with Gasteiger partial charge in [-0.15, -0.1) is 13.2 Å². The molecule has 2 aromatic carbocycles. The van der Waals surface area contributed by atoms with Crippen molar-refractivity contribution in [3.05, 3.63) is 54.1 Å². The SMILES string of the molecule is NC(=NCc1ccccc1N1CCOCC1)Nc1ccc(OC(F)(F)F)cc1. The molecule has 9 heteroatoms. The van der Waals surface area contributed by atoms with E-state index in [-0.39, 0.29) is 11.7 Å². The van der Waals surface area contributed by atoms with Crippen LogP contribution in [-0.2, 0) is 11.3 Å². The molecule has 0 spiro atoms. The molecule has 1 aliphatic rings. The summed E-state index contributed by atoms with van der Waals surface area (Å²) in [5.74, 6) is -0.130. The molecule has 2 aromatic rings. The van der Waals surface area contributed by atoms with Crippen LogP contribution in [0.3, 0.4) is 0 Å². The maximum Gasteiger partial charge on any atom is 0.573 e. The van der Waals surface area contributed by atoms with Crippen molar-refractivity contribution in [1.29, 1.82) is 0 Å². The van der Waals surface area contributed by atoms with Crippen LogP contribution in [0.2, 0.25) is 0 Å². The van der Waals surface area contributed by atoms with E-state index in [2.05, 4.69) is 19.9 Å². The summed E-state index contributed by atoms with van der Waals surface area (Å²) < 4.78 is 45.8. The molecule has 0 aliphatic carbocycles.